The fourth-order valence-corrected chi connectivity index (χ4v) is 3.00. The Labute approximate surface area is 152 Å². The molecule has 0 spiro atoms. The molecule has 1 aliphatic rings. The van der Waals surface area contributed by atoms with E-state index >= 15 is 0 Å². The van der Waals surface area contributed by atoms with Crippen molar-refractivity contribution in [2.75, 3.05) is 7.11 Å². The molecule has 5 nitrogen and oxygen atoms in total. The van der Waals surface area contributed by atoms with Crippen molar-refractivity contribution in [2.45, 2.75) is 46.1 Å². The minimum Gasteiger partial charge on any atom is -0.466 e. The maximum Gasteiger partial charge on any atom is 0.337 e. The predicted octanol–water partition coefficient (Wildman–Crippen LogP) is 3.58. The van der Waals surface area contributed by atoms with Crippen LogP contribution in [0.3, 0.4) is 0 Å². The summed E-state index contributed by atoms with van der Waals surface area (Å²) in [5, 5.41) is 3.02. The van der Waals surface area contributed by atoms with E-state index in [1.807, 2.05) is 0 Å². The van der Waals surface area contributed by atoms with E-state index in [1.54, 1.807) is 52.8 Å². The molecule has 0 saturated heterocycles. The highest BCUT2D eigenvalue weighted by molar-refractivity contribution is 6.00. The molecule has 0 radical (unpaired) electrons. The van der Waals surface area contributed by atoms with Gasteiger partial charge in [-0.2, -0.15) is 0 Å². The van der Waals surface area contributed by atoms with Crippen LogP contribution < -0.4 is 5.32 Å². The van der Waals surface area contributed by atoms with E-state index in [0.717, 1.165) is 0 Å². The van der Waals surface area contributed by atoms with Gasteiger partial charge in [0.15, 0.2) is 0 Å². The maximum absolute atomic E-state index is 14.6. The number of hydrogen-bond donors (Lipinski definition) is 1. The average molecular weight is 361 g/mol. The smallest absolute Gasteiger partial charge is 0.337 e. The molecule has 140 valence electrons. The third-order valence-corrected chi connectivity index (χ3v) is 4.00. The molecule has 0 saturated carbocycles. The summed E-state index contributed by atoms with van der Waals surface area (Å²) in [6, 6.07) is 6.06. The second kappa shape index (κ2) is 7.32. The molecule has 1 atom stereocenters. The van der Waals surface area contributed by atoms with E-state index in [9.17, 15) is 14.0 Å². The lowest BCUT2D eigenvalue weighted by Gasteiger charge is -2.32. The summed E-state index contributed by atoms with van der Waals surface area (Å²) >= 11 is 0. The Morgan fingerprint density at radius 1 is 1.04 bits per heavy atom. The van der Waals surface area contributed by atoms with Crippen molar-refractivity contribution in [2.24, 2.45) is 0 Å². The summed E-state index contributed by atoms with van der Waals surface area (Å²) in [7, 11) is 1.25. The number of allylic oxidation sites excluding steroid dienone is 2. The molecule has 1 heterocycles. The molecule has 0 bridgehead atoms. The van der Waals surface area contributed by atoms with Gasteiger partial charge in [-0.15, -0.1) is 0 Å². The molecule has 0 fully saturated rings. The van der Waals surface area contributed by atoms with Gasteiger partial charge >= 0.3 is 11.9 Å². The van der Waals surface area contributed by atoms with Crippen LogP contribution in [0.2, 0.25) is 0 Å². The Morgan fingerprint density at radius 2 is 1.58 bits per heavy atom. The number of rotatable bonds is 3. The number of benzene rings is 1. The summed E-state index contributed by atoms with van der Waals surface area (Å²) in [6.07, 6.45) is 0. The molecular formula is C20H24FNO4. The van der Waals surface area contributed by atoms with Gasteiger partial charge in [-0.05, 0) is 40.7 Å². The second-order valence-corrected chi connectivity index (χ2v) is 7.15. The number of dihydropyridines is 1. The predicted molar refractivity (Wildman–Crippen MR) is 95.5 cm³/mol. The molecule has 1 N–H and O–H groups in total. The van der Waals surface area contributed by atoms with E-state index in [-0.39, 0.29) is 16.7 Å². The fraction of sp³-hybridized carbons (Fsp3) is 0.400. The minimum absolute atomic E-state index is 0.184. The summed E-state index contributed by atoms with van der Waals surface area (Å²) < 4.78 is 25.0. The van der Waals surface area contributed by atoms with Gasteiger partial charge in [-0.1, -0.05) is 18.2 Å². The van der Waals surface area contributed by atoms with Crippen molar-refractivity contribution in [1.82, 2.24) is 5.32 Å². The summed E-state index contributed by atoms with van der Waals surface area (Å²) in [4.78, 5) is 25.3. The highest BCUT2D eigenvalue weighted by atomic mass is 19.1. The number of methoxy groups -OCH3 is 1. The van der Waals surface area contributed by atoms with Crippen LogP contribution in [-0.4, -0.2) is 24.6 Å². The Hall–Kier alpha value is -2.63. The number of nitrogens with one attached hydrogen (secondary N) is 1. The number of carbonyl (C=O) groups is 2. The largest absolute Gasteiger partial charge is 0.466 e. The zero-order chi connectivity index (χ0) is 19.6. The normalized spacial score (nSPS) is 17.7. The van der Waals surface area contributed by atoms with Gasteiger partial charge in [0, 0.05) is 17.0 Å². The van der Waals surface area contributed by atoms with Crippen molar-refractivity contribution in [3.8, 4) is 0 Å². The molecule has 1 unspecified atom stereocenters. The molecule has 6 heteroatoms. The van der Waals surface area contributed by atoms with Crippen molar-refractivity contribution < 1.29 is 23.5 Å². The van der Waals surface area contributed by atoms with E-state index in [0.29, 0.717) is 11.4 Å². The monoisotopic (exact) mass is 361 g/mol. The zero-order valence-corrected chi connectivity index (χ0v) is 15.9. The van der Waals surface area contributed by atoms with E-state index < -0.39 is 29.3 Å². The van der Waals surface area contributed by atoms with E-state index in [4.69, 9.17) is 9.47 Å². The van der Waals surface area contributed by atoms with Crippen LogP contribution in [0.15, 0.2) is 46.8 Å². The van der Waals surface area contributed by atoms with Crippen molar-refractivity contribution >= 4 is 11.9 Å². The van der Waals surface area contributed by atoms with Crippen LogP contribution in [-0.2, 0) is 19.1 Å². The first-order valence-electron chi connectivity index (χ1n) is 8.31. The average Bonchev–Trinajstić information content (AvgIpc) is 2.52. The van der Waals surface area contributed by atoms with Crippen LogP contribution in [0.25, 0.3) is 0 Å². The topological polar surface area (TPSA) is 64.6 Å². The third-order valence-electron chi connectivity index (χ3n) is 4.00. The quantitative estimate of drug-likeness (QED) is 0.834. The highest BCUT2D eigenvalue weighted by Crippen LogP contribution is 2.40. The lowest BCUT2D eigenvalue weighted by molar-refractivity contribution is -0.150. The SMILES string of the molecule is COC(=O)C1=C(C)NC(C)=C(C(=O)OC(C)(C)C)C1c1ccccc1F. The fourth-order valence-electron chi connectivity index (χ4n) is 3.00. The summed E-state index contributed by atoms with van der Waals surface area (Å²) in [6.45, 7) is 8.63. The lowest BCUT2D eigenvalue weighted by Crippen LogP contribution is -2.35. The van der Waals surface area contributed by atoms with Gasteiger partial charge in [0.05, 0.1) is 24.2 Å². The number of hydrogen-bond acceptors (Lipinski definition) is 5. The van der Waals surface area contributed by atoms with Crippen molar-refractivity contribution in [1.29, 1.82) is 0 Å². The van der Waals surface area contributed by atoms with Crippen LogP contribution in [0.1, 0.15) is 46.1 Å². The van der Waals surface area contributed by atoms with Crippen LogP contribution >= 0.6 is 0 Å². The van der Waals surface area contributed by atoms with Gasteiger partial charge in [0.25, 0.3) is 0 Å². The Bertz CT molecular complexity index is 802. The first-order chi connectivity index (χ1) is 12.1. The molecule has 2 rings (SSSR count). The molecule has 26 heavy (non-hydrogen) atoms. The number of halogens is 1. The standard InChI is InChI=1S/C20H24FNO4/c1-11-15(18(23)25-6)17(13-9-7-8-10-14(13)21)16(12(2)22-11)19(24)26-20(3,4)5/h7-10,17,22H,1-6H3. The molecular weight excluding hydrogens is 337 g/mol. The summed E-state index contributed by atoms with van der Waals surface area (Å²) in [5.41, 5.74) is 0.882. The van der Waals surface area contributed by atoms with Crippen molar-refractivity contribution in [3.63, 3.8) is 0 Å². The number of esters is 2. The number of carbonyl (C=O) groups excluding carboxylic acids is 2. The Morgan fingerprint density at radius 3 is 2.08 bits per heavy atom. The van der Waals surface area contributed by atoms with Crippen LogP contribution in [0.4, 0.5) is 4.39 Å². The van der Waals surface area contributed by atoms with Gasteiger partial charge < -0.3 is 14.8 Å². The van der Waals surface area contributed by atoms with Crippen molar-refractivity contribution in [3.05, 3.63) is 58.2 Å². The van der Waals surface area contributed by atoms with Crippen LogP contribution in [0.5, 0.6) is 0 Å². The molecule has 1 aliphatic heterocycles. The van der Waals surface area contributed by atoms with Gasteiger partial charge in [0.2, 0.25) is 0 Å². The third kappa shape index (κ3) is 3.95. The maximum atomic E-state index is 14.6. The van der Waals surface area contributed by atoms with Gasteiger partial charge in [0.1, 0.15) is 11.4 Å². The molecule has 1 aromatic rings. The zero-order valence-electron chi connectivity index (χ0n) is 15.9. The Kier molecular flexibility index (Phi) is 5.54. The molecule has 0 aromatic heterocycles. The first kappa shape index (κ1) is 19.7. The van der Waals surface area contributed by atoms with Gasteiger partial charge in [-0.3, -0.25) is 0 Å². The minimum atomic E-state index is -0.917. The first-order valence-corrected chi connectivity index (χ1v) is 8.31. The molecule has 1 aromatic carbocycles. The van der Waals surface area contributed by atoms with Crippen LogP contribution in [0, 0.1) is 5.82 Å². The number of ether oxygens (including phenoxy) is 2. The summed E-state index contributed by atoms with van der Waals surface area (Å²) in [5.74, 6) is -2.66. The van der Waals surface area contributed by atoms with E-state index in [2.05, 4.69) is 5.32 Å². The molecule has 0 amide bonds. The molecule has 0 aliphatic carbocycles. The van der Waals surface area contributed by atoms with Gasteiger partial charge in [-0.25, -0.2) is 14.0 Å². The lowest BCUT2D eigenvalue weighted by atomic mass is 9.80. The second-order valence-electron chi connectivity index (χ2n) is 7.15. The highest BCUT2D eigenvalue weighted by Gasteiger charge is 2.39. The Balaban J connectivity index is 2.68. The van der Waals surface area contributed by atoms with E-state index in [1.165, 1.54) is 13.2 Å².